The molecular weight excluding hydrogens is 370 g/mol. The molecule has 0 aliphatic rings. The maximum Gasteiger partial charge on any atom is 0.161 e. The zero-order valence-corrected chi connectivity index (χ0v) is 15.4. The van der Waals surface area contributed by atoms with Crippen LogP contribution in [0.25, 0.3) is 11.6 Å². The molecule has 0 saturated carbocycles. The van der Waals surface area contributed by atoms with Gasteiger partial charge in [-0.25, -0.2) is 0 Å². The number of benzene rings is 2. The molecule has 2 aromatic carbocycles. The number of halogens is 1. The highest BCUT2D eigenvalue weighted by Crippen LogP contribution is 2.32. The third-order valence-corrected chi connectivity index (χ3v) is 4.00. The van der Waals surface area contributed by atoms with Crippen LogP contribution in [-0.4, -0.2) is 20.8 Å². The topological polar surface area (TPSA) is 51.5 Å². The Labute approximate surface area is 150 Å². The highest BCUT2D eigenvalue weighted by atomic mass is 79.9. The van der Waals surface area contributed by atoms with E-state index in [1.54, 1.807) is 26.4 Å². The van der Waals surface area contributed by atoms with Crippen molar-refractivity contribution < 1.29 is 14.2 Å². The molecule has 0 saturated heterocycles. The molecule has 0 heterocycles. The molecule has 0 atom stereocenters. The minimum absolute atomic E-state index is 0.534. The summed E-state index contributed by atoms with van der Waals surface area (Å²) < 4.78 is 16.9. The molecule has 124 valence electrons. The summed E-state index contributed by atoms with van der Waals surface area (Å²) in [4.78, 5) is 0. The smallest absolute Gasteiger partial charge is 0.161 e. The number of hydrogen-bond acceptors (Lipinski definition) is 4. The van der Waals surface area contributed by atoms with E-state index in [1.807, 2.05) is 37.3 Å². The lowest BCUT2D eigenvalue weighted by molar-refractivity contribution is 0.338. The van der Waals surface area contributed by atoms with E-state index in [2.05, 4.69) is 22.0 Å². The van der Waals surface area contributed by atoms with Crippen LogP contribution in [0.3, 0.4) is 0 Å². The van der Waals surface area contributed by atoms with Crippen LogP contribution in [0.4, 0.5) is 0 Å². The predicted molar refractivity (Wildman–Crippen MR) is 98.3 cm³/mol. The molecule has 0 aliphatic carbocycles. The minimum Gasteiger partial charge on any atom is -0.493 e. The van der Waals surface area contributed by atoms with Crippen LogP contribution in [-0.2, 0) is 0 Å². The lowest BCUT2D eigenvalue weighted by Gasteiger charge is -2.09. The van der Waals surface area contributed by atoms with Gasteiger partial charge in [-0.1, -0.05) is 6.07 Å². The molecule has 0 N–H and O–H groups in total. The average molecular weight is 388 g/mol. The molecule has 0 amide bonds. The summed E-state index contributed by atoms with van der Waals surface area (Å²) in [5.41, 5.74) is 2.20. The van der Waals surface area contributed by atoms with Crippen LogP contribution in [0, 0.1) is 11.3 Å². The SMILES string of the molecule is CCOc1ccc(/C=C(\C#N)c2ccc(OC)c(OC)c2)cc1Br. The lowest BCUT2D eigenvalue weighted by atomic mass is 10.0. The summed E-state index contributed by atoms with van der Waals surface area (Å²) in [5, 5.41) is 9.51. The van der Waals surface area contributed by atoms with Gasteiger partial charge < -0.3 is 14.2 Å². The van der Waals surface area contributed by atoms with E-state index in [0.29, 0.717) is 23.7 Å². The fourth-order valence-corrected chi connectivity index (χ4v) is 2.74. The Hall–Kier alpha value is -2.45. The van der Waals surface area contributed by atoms with Gasteiger partial charge in [-0.3, -0.25) is 0 Å². The monoisotopic (exact) mass is 387 g/mol. The molecule has 2 rings (SSSR count). The second-order valence-electron chi connectivity index (χ2n) is 4.86. The number of methoxy groups -OCH3 is 2. The maximum atomic E-state index is 9.51. The zero-order valence-electron chi connectivity index (χ0n) is 13.8. The molecule has 0 radical (unpaired) electrons. The Morgan fingerprint density at radius 2 is 1.79 bits per heavy atom. The molecule has 0 spiro atoms. The number of allylic oxidation sites excluding steroid dienone is 1. The molecule has 5 heteroatoms. The Morgan fingerprint density at radius 1 is 1.08 bits per heavy atom. The van der Waals surface area contributed by atoms with Crippen LogP contribution in [0.15, 0.2) is 40.9 Å². The number of ether oxygens (including phenoxy) is 3. The standard InChI is InChI=1S/C19H18BrNO3/c1-4-24-17-7-5-13(10-16(17)20)9-15(12-21)14-6-8-18(22-2)19(11-14)23-3/h5-11H,4H2,1-3H3/b15-9+. The van der Waals surface area contributed by atoms with Gasteiger partial charge in [0.2, 0.25) is 0 Å². The van der Waals surface area contributed by atoms with Gasteiger partial charge >= 0.3 is 0 Å². The van der Waals surface area contributed by atoms with E-state index < -0.39 is 0 Å². The van der Waals surface area contributed by atoms with Crippen molar-refractivity contribution in [1.82, 2.24) is 0 Å². The van der Waals surface area contributed by atoms with Crippen molar-refractivity contribution in [3.63, 3.8) is 0 Å². The maximum absolute atomic E-state index is 9.51. The summed E-state index contributed by atoms with van der Waals surface area (Å²) in [7, 11) is 3.15. The molecule has 24 heavy (non-hydrogen) atoms. The second-order valence-corrected chi connectivity index (χ2v) is 5.72. The van der Waals surface area contributed by atoms with Crippen LogP contribution in [0.1, 0.15) is 18.1 Å². The van der Waals surface area contributed by atoms with E-state index >= 15 is 0 Å². The highest BCUT2D eigenvalue weighted by molar-refractivity contribution is 9.10. The van der Waals surface area contributed by atoms with Crippen LogP contribution >= 0.6 is 15.9 Å². The number of nitriles is 1. The first-order valence-electron chi connectivity index (χ1n) is 7.39. The summed E-state index contributed by atoms with van der Waals surface area (Å²) in [5.74, 6) is 1.99. The van der Waals surface area contributed by atoms with Crippen molar-refractivity contribution in [3.05, 3.63) is 52.0 Å². The Morgan fingerprint density at radius 3 is 2.38 bits per heavy atom. The fourth-order valence-electron chi connectivity index (χ4n) is 2.23. The third kappa shape index (κ3) is 4.09. The van der Waals surface area contributed by atoms with Crippen LogP contribution in [0.2, 0.25) is 0 Å². The minimum atomic E-state index is 0.534. The summed E-state index contributed by atoms with van der Waals surface area (Å²) in [6, 6.07) is 13.3. The number of nitrogens with zero attached hydrogens (tertiary/aromatic N) is 1. The molecule has 0 unspecified atom stereocenters. The first-order chi connectivity index (χ1) is 11.6. The van der Waals surface area contributed by atoms with E-state index in [-0.39, 0.29) is 0 Å². The van der Waals surface area contributed by atoms with Crippen molar-refractivity contribution in [2.45, 2.75) is 6.92 Å². The molecule has 2 aromatic rings. The lowest BCUT2D eigenvalue weighted by Crippen LogP contribution is -1.93. The van der Waals surface area contributed by atoms with Gasteiger partial charge in [-0.15, -0.1) is 0 Å². The van der Waals surface area contributed by atoms with Crippen molar-refractivity contribution in [3.8, 4) is 23.3 Å². The largest absolute Gasteiger partial charge is 0.493 e. The van der Waals surface area contributed by atoms with Gasteiger partial charge in [0.05, 0.1) is 36.9 Å². The van der Waals surface area contributed by atoms with Gasteiger partial charge in [-0.2, -0.15) is 5.26 Å². The second kappa shape index (κ2) is 8.42. The van der Waals surface area contributed by atoms with E-state index in [0.717, 1.165) is 21.3 Å². The number of hydrogen-bond donors (Lipinski definition) is 0. The predicted octanol–water partition coefficient (Wildman–Crippen LogP) is 4.93. The highest BCUT2D eigenvalue weighted by Gasteiger charge is 2.09. The van der Waals surface area contributed by atoms with Gasteiger partial charge in [0, 0.05) is 0 Å². The fraction of sp³-hybridized carbons (Fsp3) is 0.211. The van der Waals surface area contributed by atoms with Crippen molar-refractivity contribution >= 4 is 27.6 Å². The summed E-state index contributed by atoms with van der Waals surface area (Å²) >= 11 is 3.48. The first kappa shape index (κ1) is 17.9. The van der Waals surface area contributed by atoms with Gasteiger partial charge in [0.25, 0.3) is 0 Å². The molecular formula is C19H18BrNO3. The van der Waals surface area contributed by atoms with Gasteiger partial charge in [-0.05, 0) is 70.4 Å². The molecule has 4 nitrogen and oxygen atoms in total. The third-order valence-electron chi connectivity index (χ3n) is 3.38. The van der Waals surface area contributed by atoms with E-state index in [4.69, 9.17) is 14.2 Å². The molecule has 0 bridgehead atoms. The average Bonchev–Trinajstić information content (AvgIpc) is 2.61. The quantitative estimate of drug-likeness (QED) is 0.520. The van der Waals surface area contributed by atoms with Gasteiger partial charge in [0.15, 0.2) is 11.5 Å². The Bertz CT molecular complexity index is 794. The molecule has 0 aromatic heterocycles. The van der Waals surface area contributed by atoms with Crippen LogP contribution in [0.5, 0.6) is 17.2 Å². The molecule has 0 aliphatic heterocycles. The van der Waals surface area contributed by atoms with Crippen molar-refractivity contribution in [2.75, 3.05) is 20.8 Å². The normalized spacial score (nSPS) is 10.9. The molecule has 0 fully saturated rings. The van der Waals surface area contributed by atoms with E-state index in [9.17, 15) is 5.26 Å². The summed E-state index contributed by atoms with van der Waals surface area (Å²) in [6.45, 7) is 2.54. The Balaban J connectivity index is 2.39. The van der Waals surface area contributed by atoms with Crippen LogP contribution < -0.4 is 14.2 Å². The summed E-state index contributed by atoms with van der Waals surface area (Å²) in [6.07, 6.45) is 1.82. The van der Waals surface area contributed by atoms with E-state index in [1.165, 1.54) is 0 Å². The number of rotatable bonds is 6. The zero-order chi connectivity index (χ0) is 17.5. The Kier molecular flexibility index (Phi) is 6.28. The van der Waals surface area contributed by atoms with Crippen molar-refractivity contribution in [1.29, 1.82) is 5.26 Å². The van der Waals surface area contributed by atoms with Crippen molar-refractivity contribution in [2.24, 2.45) is 0 Å². The first-order valence-corrected chi connectivity index (χ1v) is 8.18. The van der Waals surface area contributed by atoms with Gasteiger partial charge in [0.1, 0.15) is 5.75 Å².